The normalized spacial score (nSPS) is 11.9. The fourth-order valence-electron chi connectivity index (χ4n) is 0.983. The molecule has 0 spiro atoms. The van der Waals surface area contributed by atoms with Crippen molar-refractivity contribution < 1.29 is 23.1 Å². The number of aromatic nitrogens is 1. The lowest BCUT2D eigenvalue weighted by Crippen LogP contribution is -2.08. The number of hydrogen-bond acceptors (Lipinski definition) is 2. The van der Waals surface area contributed by atoms with Crippen LogP contribution in [-0.2, 0) is 11.0 Å². The molecule has 1 aromatic rings. The Kier molecular flexibility index (Phi) is 3.65. The van der Waals surface area contributed by atoms with E-state index >= 15 is 0 Å². The molecule has 0 amide bonds. The molecule has 0 aliphatic rings. The predicted molar refractivity (Wildman–Crippen MR) is 50.5 cm³/mol. The van der Waals surface area contributed by atoms with Gasteiger partial charge < -0.3 is 5.11 Å². The van der Waals surface area contributed by atoms with E-state index in [1.807, 2.05) is 0 Å². The van der Waals surface area contributed by atoms with Crippen LogP contribution in [0.5, 0.6) is 0 Å². The van der Waals surface area contributed by atoms with E-state index in [-0.39, 0.29) is 12.1 Å². The van der Waals surface area contributed by atoms with Gasteiger partial charge in [-0.2, -0.15) is 13.2 Å². The molecule has 0 atom stereocenters. The number of aliphatic carboxylic acids is 1. The zero-order chi connectivity index (χ0) is 12.2. The number of halogens is 3. The third kappa shape index (κ3) is 3.72. The third-order valence-electron chi connectivity index (χ3n) is 1.64. The van der Waals surface area contributed by atoms with Crippen molar-refractivity contribution in [1.82, 2.24) is 4.98 Å². The zero-order valence-corrected chi connectivity index (χ0v) is 8.03. The van der Waals surface area contributed by atoms with Crippen molar-refractivity contribution >= 4 is 12.0 Å². The molecular weight excluding hydrogens is 223 g/mol. The summed E-state index contributed by atoms with van der Waals surface area (Å²) in [6, 6.07) is 3.44. The maximum absolute atomic E-state index is 12.2. The molecule has 3 nitrogen and oxygen atoms in total. The number of alkyl halides is 3. The maximum atomic E-state index is 12.2. The van der Waals surface area contributed by atoms with Crippen molar-refractivity contribution in [3.05, 3.63) is 35.7 Å². The SMILES string of the molecule is O=C(O)CC=Cc1cccc(C(F)(F)F)n1. The van der Waals surface area contributed by atoms with E-state index in [2.05, 4.69) is 4.98 Å². The summed E-state index contributed by atoms with van der Waals surface area (Å²) in [7, 11) is 0. The van der Waals surface area contributed by atoms with Gasteiger partial charge in [0.2, 0.25) is 0 Å². The lowest BCUT2D eigenvalue weighted by atomic mass is 10.2. The Bertz CT molecular complexity index is 413. The van der Waals surface area contributed by atoms with E-state index in [4.69, 9.17) is 5.11 Å². The minimum atomic E-state index is -4.49. The summed E-state index contributed by atoms with van der Waals surface area (Å²) < 4.78 is 36.7. The quantitative estimate of drug-likeness (QED) is 0.869. The van der Waals surface area contributed by atoms with Crippen LogP contribution in [0.15, 0.2) is 24.3 Å². The summed E-state index contributed by atoms with van der Waals surface area (Å²) in [6.45, 7) is 0. The molecule has 0 saturated carbocycles. The number of carboxylic acid groups (broad SMARTS) is 1. The highest BCUT2D eigenvalue weighted by Crippen LogP contribution is 2.27. The minimum Gasteiger partial charge on any atom is -0.481 e. The second kappa shape index (κ2) is 4.78. The average Bonchev–Trinajstić information content (AvgIpc) is 2.16. The molecule has 0 radical (unpaired) electrons. The lowest BCUT2D eigenvalue weighted by molar-refractivity contribution is -0.141. The highest BCUT2D eigenvalue weighted by atomic mass is 19.4. The predicted octanol–water partition coefficient (Wildman–Crippen LogP) is 2.59. The Balaban J connectivity index is 2.83. The number of pyridine rings is 1. The summed E-state index contributed by atoms with van der Waals surface area (Å²) in [5, 5.41) is 8.32. The zero-order valence-electron chi connectivity index (χ0n) is 8.03. The number of carboxylic acids is 1. The maximum Gasteiger partial charge on any atom is 0.433 e. The van der Waals surface area contributed by atoms with Gasteiger partial charge >= 0.3 is 12.1 Å². The van der Waals surface area contributed by atoms with Gasteiger partial charge in [-0.25, -0.2) is 4.98 Å². The average molecular weight is 231 g/mol. The fraction of sp³-hybridized carbons (Fsp3) is 0.200. The van der Waals surface area contributed by atoms with Gasteiger partial charge in [-0.05, 0) is 18.2 Å². The molecule has 0 aromatic carbocycles. The van der Waals surface area contributed by atoms with E-state index in [0.717, 1.165) is 6.07 Å². The molecule has 0 saturated heterocycles. The highest BCUT2D eigenvalue weighted by Gasteiger charge is 2.32. The molecular formula is C10H8F3NO2. The lowest BCUT2D eigenvalue weighted by Gasteiger charge is -2.05. The van der Waals surface area contributed by atoms with E-state index < -0.39 is 17.8 Å². The smallest absolute Gasteiger partial charge is 0.433 e. The van der Waals surface area contributed by atoms with Crippen molar-refractivity contribution in [2.75, 3.05) is 0 Å². The summed E-state index contributed by atoms with van der Waals surface area (Å²) in [6.07, 6.45) is -2.26. The standard InChI is InChI=1S/C10H8F3NO2/c11-10(12,13)8-5-1-3-7(14-8)4-2-6-9(15)16/h1-5H,6H2,(H,15,16). The number of hydrogen-bond donors (Lipinski definition) is 1. The van der Waals surface area contributed by atoms with Crippen LogP contribution in [0.3, 0.4) is 0 Å². The van der Waals surface area contributed by atoms with Crippen LogP contribution in [0.2, 0.25) is 0 Å². The monoisotopic (exact) mass is 231 g/mol. The molecule has 0 aliphatic carbocycles. The van der Waals surface area contributed by atoms with Crippen molar-refractivity contribution in [2.45, 2.75) is 12.6 Å². The van der Waals surface area contributed by atoms with Gasteiger partial charge in [0.25, 0.3) is 0 Å². The number of carbonyl (C=O) groups is 1. The van der Waals surface area contributed by atoms with Crippen molar-refractivity contribution in [3.8, 4) is 0 Å². The number of nitrogens with zero attached hydrogens (tertiary/aromatic N) is 1. The van der Waals surface area contributed by atoms with Gasteiger partial charge in [0.1, 0.15) is 5.69 Å². The van der Waals surface area contributed by atoms with Crippen molar-refractivity contribution in [1.29, 1.82) is 0 Å². The van der Waals surface area contributed by atoms with Gasteiger partial charge in [0, 0.05) is 0 Å². The molecule has 6 heteroatoms. The van der Waals surface area contributed by atoms with Gasteiger partial charge in [0.05, 0.1) is 12.1 Å². The molecule has 1 rings (SSSR count). The van der Waals surface area contributed by atoms with Crippen molar-refractivity contribution in [3.63, 3.8) is 0 Å². The Labute approximate surface area is 89.2 Å². The molecule has 16 heavy (non-hydrogen) atoms. The van der Waals surface area contributed by atoms with E-state index in [1.54, 1.807) is 0 Å². The van der Waals surface area contributed by atoms with E-state index in [0.29, 0.717) is 0 Å². The van der Waals surface area contributed by atoms with Gasteiger partial charge in [0.15, 0.2) is 0 Å². The van der Waals surface area contributed by atoms with Gasteiger partial charge in [-0.3, -0.25) is 4.79 Å². The Morgan fingerprint density at radius 3 is 2.69 bits per heavy atom. The Morgan fingerprint density at radius 2 is 2.12 bits per heavy atom. The molecule has 1 aromatic heterocycles. The van der Waals surface area contributed by atoms with Crippen LogP contribution in [0.25, 0.3) is 6.08 Å². The third-order valence-corrected chi connectivity index (χ3v) is 1.64. The second-order valence-electron chi connectivity index (χ2n) is 2.95. The molecule has 0 bridgehead atoms. The van der Waals surface area contributed by atoms with Crippen LogP contribution in [0.1, 0.15) is 17.8 Å². The minimum absolute atomic E-state index is 0.0797. The summed E-state index contributed by atoms with van der Waals surface area (Å²) in [4.78, 5) is 13.5. The number of rotatable bonds is 3. The Hall–Kier alpha value is -1.85. The van der Waals surface area contributed by atoms with Crippen LogP contribution >= 0.6 is 0 Å². The largest absolute Gasteiger partial charge is 0.481 e. The van der Waals surface area contributed by atoms with Crippen LogP contribution in [0.4, 0.5) is 13.2 Å². The molecule has 0 fully saturated rings. The first-order chi connectivity index (χ1) is 7.39. The molecule has 1 N–H and O–H groups in total. The highest BCUT2D eigenvalue weighted by molar-refractivity contribution is 5.70. The van der Waals surface area contributed by atoms with E-state index in [1.165, 1.54) is 24.3 Å². The summed E-state index contributed by atoms with van der Waals surface area (Å²) in [5.41, 5.74) is -0.916. The topological polar surface area (TPSA) is 50.2 Å². The molecule has 86 valence electrons. The second-order valence-corrected chi connectivity index (χ2v) is 2.95. The molecule has 0 unspecified atom stereocenters. The van der Waals surface area contributed by atoms with E-state index in [9.17, 15) is 18.0 Å². The van der Waals surface area contributed by atoms with Crippen LogP contribution in [-0.4, -0.2) is 16.1 Å². The van der Waals surface area contributed by atoms with Crippen LogP contribution < -0.4 is 0 Å². The first-order valence-corrected chi connectivity index (χ1v) is 4.32. The summed E-state index contributed by atoms with van der Waals surface area (Å²) >= 11 is 0. The van der Waals surface area contributed by atoms with Crippen molar-refractivity contribution in [2.24, 2.45) is 0 Å². The van der Waals surface area contributed by atoms with Gasteiger partial charge in [-0.1, -0.05) is 12.1 Å². The molecule has 0 aliphatic heterocycles. The first kappa shape index (κ1) is 12.2. The first-order valence-electron chi connectivity index (χ1n) is 4.32. The van der Waals surface area contributed by atoms with Crippen LogP contribution in [0, 0.1) is 0 Å². The molecule has 1 heterocycles. The fourth-order valence-corrected chi connectivity index (χ4v) is 0.983. The Morgan fingerprint density at radius 1 is 1.44 bits per heavy atom. The summed E-state index contributed by atoms with van der Waals surface area (Å²) in [5.74, 6) is -1.05. The van der Waals surface area contributed by atoms with Gasteiger partial charge in [-0.15, -0.1) is 0 Å².